The van der Waals surface area contributed by atoms with E-state index in [-0.39, 0.29) is 53.6 Å². The van der Waals surface area contributed by atoms with Gasteiger partial charge in [-0.3, -0.25) is 19.2 Å². The van der Waals surface area contributed by atoms with Crippen molar-refractivity contribution in [3.8, 4) is 0 Å². The Morgan fingerprint density at radius 2 is 1.85 bits per heavy atom. The molecule has 2 fully saturated rings. The molecule has 2 aliphatic rings. The van der Waals surface area contributed by atoms with E-state index >= 15 is 0 Å². The second-order valence-corrected chi connectivity index (χ2v) is 10.6. The minimum absolute atomic E-state index is 0.0158. The van der Waals surface area contributed by atoms with Gasteiger partial charge in [0.25, 0.3) is 11.8 Å². The smallest absolute Gasteiger partial charge is 0.294 e. The highest BCUT2D eigenvalue weighted by Crippen LogP contribution is 2.35. The van der Waals surface area contributed by atoms with E-state index in [1.807, 2.05) is 4.90 Å². The zero-order chi connectivity index (χ0) is 28.4. The number of aromatic nitrogens is 1. The number of pyridine rings is 1. The molecule has 0 unspecified atom stereocenters. The van der Waals surface area contributed by atoms with Crippen LogP contribution in [-0.2, 0) is 14.3 Å². The van der Waals surface area contributed by atoms with Gasteiger partial charge in [0.05, 0.1) is 11.6 Å². The summed E-state index contributed by atoms with van der Waals surface area (Å²) in [5.74, 6) is -1.27. The fourth-order valence-electron chi connectivity index (χ4n) is 5.19. The molecule has 12 heteroatoms. The Hall–Kier alpha value is -3.96. The Bertz CT molecular complexity index is 1450. The second kappa shape index (κ2) is 11.6. The molecular formula is C28H30ClN5O6. The Morgan fingerprint density at radius 3 is 2.52 bits per heavy atom. The van der Waals surface area contributed by atoms with Crippen LogP contribution in [0.25, 0.3) is 11.0 Å². The number of nitrogens with one attached hydrogen (secondary N) is 2. The number of carbonyl (C=O) groups is 4. The third-order valence-electron chi connectivity index (χ3n) is 7.30. The number of ether oxygens (including phenoxy) is 1. The molecule has 4 amide bonds. The molecule has 1 saturated carbocycles. The SMILES string of the molecule is CN(C)C(=O)c1ccc2oc(C(=O)Nc3ccc(Cl)cn3)c(NC(=O)C3CCC(N4CCOCC4=O)CC3)c2c1. The van der Waals surface area contributed by atoms with Crippen molar-refractivity contribution in [1.82, 2.24) is 14.8 Å². The molecule has 2 aromatic heterocycles. The first kappa shape index (κ1) is 27.6. The number of halogens is 1. The van der Waals surface area contributed by atoms with Gasteiger partial charge in [-0.1, -0.05) is 11.6 Å². The van der Waals surface area contributed by atoms with Crippen LogP contribution in [0.4, 0.5) is 11.5 Å². The number of carbonyl (C=O) groups excluding carboxylic acids is 4. The molecular weight excluding hydrogens is 538 g/mol. The molecule has 0 radical (unpaired) electrons. The molecule has 40 heavy (non-hydrogen) atoms. The quantitative estimate of drug-likeness (QED) is 0.463. The molecule has 1 aliphatic heterocycles. The molecule has 1 aliphatic carbocycles. The van der Waals surface area contributed by atoms with Gasteiger partial charge in [0.2, 0.25) is 17.6 Å². The summed E-state index contributed by atoms with van der Waals surface area (Å²) in [6.45, 7) is 1.19. The van der Waals surface area contributed by atoms with Gasteiger partial charge in [-0.15, -0.1) is 0 Å². The van der Waals surface area contributed by atoms with Gasteiger partial charge in [-0.25, -0.2) is 4.98 Å². The van der Waals surface area contributed by atoms with Crippen molar-refractivity contribution in [2.24, 2.45) is 5.92 Å². The molecule has 2 N–H and O–H groups in total. The molecule has 0 spiro atoms. The van der Waals surface area contributed by atoms with Crippen LogP contribution in [0.3, 0.4) is 0 Å². The first-order valence-corrected chi connectivity index (χ1v) is 13.5. The summed E-state index contributed by atoms with van der Waals surface area (Å²) in [5, 5.41) is 6.43. The summed E-state index contributed by atoms with van der Waals surface area (Å²) < 4.78 is 11.1. The van der Waals surface area contributed by atoms with Crippen LogP contribution >= 0.6 is 11.6 Å². The van der Waals surface area contributed by atoms with Crippen LogP contribution in [0.1, 0.15) is 46.6 Å². The number of hydrogen-bond donors (Lipinski definition) is 2. The number of morpholine rings is 1. The summed E-state index contributed by atoms with van der Waals surface area (Å²) in [4.78, 5) is 59.0. The van der Waals surface area contributed by atoms with Crippen molar-refractivity contribution < 1.29 is 28.3 Å². The highest BCUT2D eigenvalue weighted by Gasteiger charge is 2.34. The van der Waals surface area contributed by atoms with Gasteiger partial charge in [0.15, 0.2) is 0 Å². The predicted octanol–water partition coefficient (Wildman–Crippen LogP) is 3.79. The fourth-order valence-corrected chi connectivity index (χ4v) is 5.30. The number of furan rings is 1. The Morgan fingerprint density at radius 1 is 1.07 bits per heavy atom. The summed E-state index contributed by atoms with van der Waals surface area (Å²) in [6, 6.07) is 8.04. The highest BCUT2D eigenvalue weighted by molar-refractivity contribution is 6.30. The van der Waals surface area contributed by atoms with Gasteiger partial charge in [0.1, 0.15) is 23.7 Å². The monoisotopic (exact) mass is 567 g/mol. The number of anilines is 2. The number of nitrogens with zero attached hydrogens (tertiary/aromatic N) is 3. The Kier molecular flexibility index (Phi) is 8.04. The van der Waals surface area contributed by atoms with Crippen molar-refractivity contribution >= 4 is 57.7 Å². The molecule has 3 heterocycles. The topological polar surface area (TPSA) is 134 Å². The number of fused-ring (bicyclic) bond motifs is 1. The van der Waals surface area contributed by atoms with Gasteiger partial charge in [-0.05, 0) is 56.0 Å². The lowest BCUT2D eigenvalue weighted by Gasteiger charge is -2.38. The highest BCUT2D eigenvalue weighted by atomic mass is 35.5. The van der Waals surface area contributed by atoms with E-state index in [9.17, 15) is 19.2 Å². The maximum atomic E-state index is 13.5. The van der Waals surface area contributed by atoms with Gasteiger partial charge >= 0.3 is 0 Å². The zero-order valence-electron chi connectivity index (χ0n) is 22.2. The van der Waals surface area contributed by atoms with Crippen molar-refractivity contribution in [3.63, 3.8) is 0 Å². The minimum atomic E-state index is -0.614. The van der Waals surface area contributed by atoms with Crippen molar-refractivity contribution in [2.45, 2.75) is 31.7 Å². The predicted molar refractivity (Wildman–Crippen MR) is 148 cm³/mol. The molecule has 1 saturated heterocycles. The number of benzene rings is 1. The van der Waals surface area contributed by atoms with E-state index in [2.05, 4.69) is 15.6 Å². The van der Waals surface area contributed by atoms with E-state index in [4.69, 9.17) is 20.8 Å². The molecule has 210 valence electrons. The number of rotatable bonds is 6. The van der Waals surface area contributed by atoms with Gasteiger partial charge < -0.3 is 29.6 Å². The Labute approximate surface area is 235 Å². The molecule has 3 aromatic rings. The standard InChI is InChI=1S/C28H30ClN5O6/c1-33(2)28(38)17-5-9-21-20(13-17)24(25(40-21)27(37)31-22-10-6-18(29)14-30-22)32-26(36)16-3-7-19(8-4-16)34-11-12-39-15-23(34)35/h5-6,9-10,13-14,16,19H,3-4,7-8,11-12,15H2,1-2H3,(H,32,36)(H,30,31,37). The second-order valence-electron chi connectivity index (χ2n) is 10.2. The summed E-state index contributed by atoms with van der Waals surface area (Å²) >= 11 is 5.90. The van der Waals surface area contributed by atoms with Gasteiger partial charge in [0, 0.05) is 49.7 Å². The number of hydrogen-bond acceptors (Lipinski definition) is 7. The minimum Gasteiger partial charge on any atom is -0.449 e. The van der Waals surface area contributed by atoms with E-state index in [1.54, 1.807) is 44.4 Å². The van der Waals surface area contributed by atoms with Crippen LogP contribution in [-0.4, -0.2) is 78.3 Å². The van der Waals surface area contributed by atoms with E-state index in [1.165, 1.54) is 11.1 Å². The first-order chi connectivity index (χ1) is 19.2. The molecule has 11 nitrogen and oxygen atoms in total. The lowest BCUT2D eigenvalue weighted by Crippen LogP contribution is -2.49. The van der Waals surface area contributed by atoms with Crippen molar-refractivity contribution in [1.29, 1.82) is 0 Å². The van der Waals surface area contributed by atoms with Gasteiger partial charge in [-0.2, -0.15) is 0 Å². The molecule has 5 rings (SSSR count). The number of amides is 4. The van der Waals surface area contributed by atoms with E-state index in [0.29, 0.717) is 60.4 Å². The zero-order valence-corrected chi connectivity index (χ0v) is 23.0. The third kappa shape index (κ3) is 5.80. The molecule has 0 bridgehead atoms. The van der Waals surface area contributed by atoms with Crippen LogP contribution in [0.5, 0.6) is 0 Å². The lowest BCUT2D eigenvalue weighted by molar-refractivity contribution is -0.146. The molecule has 0 atom stereocenters. The largest absolute Gasteiger partial charge is 0.449 e. The van der Waals surface area contributed by atoms with Crippen molar-refractivity contribution in [2.75, 3.05) is 44.5 Å². The first-order valence-electron chi connectivity index (χ1n) is 13.1. The Balaban J connectivity index is 1.39. The lowest BCUT2D eigenvalue weighted by atomic mass is 9.84. The summed E-state index contributed by atoms with van der Waals surface area (Å²) in [7, 11) is 3.28. The third-order valence-corrected chi connectivity index (χ3v) is 7.52. The normalized spacial score (nSPS) is 19.4. The van der Waals surface area contributed by atoms with Crippen LogP contribution in [0, 0.1) is 5.92 Å². The van der Waals surface area contributed by atoms with Crippen molar-refractivity contribution in [3.05, 3.63) is 52.9 Å². The summed E-state index contributed by atoms with van der Waals surface area (Å²) in [5.41, 5.74) is 0.913. The fraction of sp³-hybridized carbons (Fsp3) is 0.393. The van der Waals surface area contributed by atoms with Crippen LogP contribution in [0.15, 0.2) is 40.9 Å². The van der Waals surface area contributed by atoms with E-state index in [0.717, 1.165) is 0 Å². The van der Waals surface area contributed by atoms with Crippen LogP contribution in [0.2, 0.25) is 5.02 Å². The maximum Gasteiger partial charge on any atom is 0.294 e. The van der Waals surface area contributed by atoms with E-state index < -0.39 is 5.91 Å². The molecule has 1 aromatic carbocycles. The van der Waals surface area contributed by atoms with Crippen LogP contribution < -0.4 is 10.6 Å². The average molecular weight is 568 g/mol. The maximum absolute atomic E-state index is 13.5. The summed E-state index contributed by atoms with van der Waals surface area (Å²) in [6.07, 6.45) is 3.99. The average Bonchev–Trinajstić information content (AvgIpc) is 3.31.